The fourth-order valence-electron chi connectivity index (χ4n) is 4.53. The average molecular weight is 493 g/mol. The lowest BCUT2D eigenvalue weighted by molar-refractivity contribution is -0.137. The van der Waals surface area contributed by atoms with E-state index in [-0.39, 0.29) is 5.69 Å². The normalized spacial score (nSPS) is 15.3. The summed E-state index contributed by atoms with van der Waals surface area (Å²) in [5.41, 5.74) is 4.17. The number of fused-ring (bicyclic) bond motifs is 1. The van der Waals surface area contributed by atoms with Crippen LogP contribution in [0.5, 0.6) is 0 Å². The van der Waals surface area contributed by atoms with Gasteiger partial charge in [0.1, 0.15) is 5.69 Å². The molecule has 3 aromatic heterocycles. The van der Waals surface area contributed by atoms with Crippen molar-refractivity contribution in [1.29, 1.82) is 0 Å². The van der Waals surface area contributed by atoms with E-state index in [9.17, 15) is 13.2 Å². The molecule has 1 saturated heterocycles. The molecule has 0 radical (unpaired) electrons. The first-order valence-electron chi connectivity index (χ1n) is 11.9. The summed E-state index contributed by atoms with van der Waals surface area (Å²) in [5, 5.41) is 11.0. The molecule has 2 N–H and O–H groups in total. The Balaban J connectivity index is 1.37. The quantitative estimate of drug-likeness (QED) is 0.328. The number of nitrogens with zero attached hydrogens (tertiary/aromatic N) is 4. The molecule has 1 aliphatic heterocycles. The van der Waals surface area contributed by atoms with Gasteiger partial charge in [-0.05, 0) is 67.2 Å². The summed E-state index contributed by atoms with van der Waals surface area (Å²) < 4.78 is 39.2. The predicted octanol–water partition coefficient (Wildman–Crippen LogP) is 6.35. The zero-order chi connectivity index (χ0) is 25.3. The van der Waals surface area contributed by atoms with Gasteiger partial charge in [0.05, 0.1) is 28.7 Å². The number of pyridine rings is 2. The Kier molecular flexibility index (Phi) is 6.49. The summed E-state index contributed by atoms with van der Waals surface area (Å²) in [6, 6.07) is 9.08. The molecule has 36 heavy (non-hydrogen) atoms. The second kappa shape index (κ2) is 9.73. The lowest BCUT2D eigenvalue weighted by atomic mass is 9.98. The number of H-pyrrole nitrogens is 1. The lowest BCUT2D eigenvalue weighted by Crippen LogP contribution is -2.32. The number of alkyl halides is 3. The fraction of sp³-hybridized carbons (Fsp3) is 0.296. The van der Waals surface area contributed by atoms with Crippen LogP contribution in [0.4, 0.5) is 18.9 Å². The van der Waals surface area contributed by atoms with E-state index in [4.69, 9.17) is 0 Å². The van der Waals surface area contributed by atoms with E-state index in [1.165, 1.54) is 19.0 Å². The van der Waals surface area contributed by atoms with Crippen LogP contribution in [0.2, 0.25) is 0 Å². The highest BCUT2D eigenvalue weighted by molar-refractivity contribution is 5.95. The van der Waals surface area contributed by atoms with Crippen LogP contribution in [0, 0.1) is 5.92 Å². The van der Waals surface area contributed by atoms with Gasteiger partial charge in [-0.3, -0.25) is 20.0 Å². The minimum Gasteiger partial charge on any atom is -0.353 e. The first-order chi connectivity index (χ1) is 17.3. The second-order valence-electron chi connectivity index (χ2n) is 9.44. The van der Waals surface area contributed by atoms with Gasteiger partial charge >= 0.3 is 6.18 Å². The molecule has 1 aromatic carbocycles. The molecule has 1 aliphatic rings. The number of nitrogens with one attached hydrogen (secondary N) is 2. The molecule has 0 bridgehead atoms. The molecule has 0 spiro atoms. The summed E-state index contributed by atoms with van der Waals surface area (Å²) in [7, 11) is 0. The van der Waals surface area contributed by atoms with Gasteiger partial charge in [-0.1, -0.05) is 19.6 Å². The van der Waals surface area contributed by atoms with Crippen molar-refractivity contribution in [3.8, 4) is 11.1 Å². The molecular formula is C27H27F3N6. The molecule has 9 heteroatoms. The maximum Gasteiger partial charge on any atom is 0.417 e. The molecule has 0 aliphatic carbocycles. The summed E-state index contributed by atoms with van der Waals surface area (Å²) in [4.78, 5) is 10.6. The third-order valence-electron chi connectivity index (χ3n) is 6.62. The Labute approximate surface area is 207 Å². The molecule has 0 saturated carbocycles. The number of likely N-dealkylation sites (tertiary alicyclic amines) is 1. The zero-order valence-electron chi connectivity index (χ0n) is 19.9. The number of piperidine rings is 1. The van der Waals surface area contributed by atoms with Gasteiger partial charge in [0.2, 0.25) is 0 Å². The van der Waals surface area contributed by atoms with Crippen LogP contribution in [-0.2, 0) is 12.7 Å². The number of benzene rings is 1. The highest BCUT2D eigenvalue weighted by Crippen LogP contribution is 2.32. The van der Waals surface area contributed by atoms with Gasteiger partial charge in [0.25, 0.3) is 0 Å². The van der Waals surface area contributed by atoms with Crippen molar-refractivity contribution in [2.24, 2.45) is 5.92 Å². The van der Waals surface area contributed by atoms with Crippen molar-refractivity contribution in [1.82, 2.24) is 25.1 Å². The van der Waals surface area contributed by atoms with E-state index < -0.39 is 11.7 Å². The van der Waals surface area contributed by atoms with E-state index in [1.807, 2.05) is 30.6 Å². The standard InChI is InChI=1S/C27H27F3N6/c1-17-5-7-36(8-6-17)16-19-9-21(13-31-12-19)20-3-4-25-24(10-20)26(35-34-25)18(2)33-23-11-22(14-32-15-23)27(28,29)30/h3-4,9-15,17,33H,2,5-8,16H2,1H3,(H,34,35). The monoisotopic (exact) mass is 492 g/mol. The Hall–Kier alpha value is -3.72. The van der Waals surface area contributed by atoms with E-state index >= 15 is 0 Å². The minimum atomic E-state index is -4.48. The van der Waals surface area contributed by atoms with E-state index in [0.29, 0.717) is 11.4 Å². The number of hydrogen-bond acceptors (Lipinski definition) is 5. The van der Waals surface area contributed by atoms with Gasteiger partial charge in [0.15, 0.2) is 0 Å². The van der Waals surface area contributed by atoms with Crippen LogP contribution >= 0.6 is 0 Å². The Morgan fingerprint density at radius 2 is 1.83 bits per heavy atom. The topological polar surface area (TPSA) is 69.7 Å². The molecule has 186 valence electrons. The van der Waals surface area contributed by atoms with Gasteiger partial charge in [-0.15, -0.1) is 0 Å². The number of anilines is 1. The lowest BCUT2D eigenvalue weighted by Gasteiger charge is -2.30. The first-order valence-corrected chi connectivity index (χ1v) is 11.9. The molecule has 1 fully saturated rings. The molecule has 4 heterocycles. The fourth-order valence-corrected chi connectivity index (χ4v) is 4.53. The van der Waals surface area contributed by atoms with Crippen molar-refractivity contribution in [3.63, 3.8) is 0 Å². The van der Waals surface area contributed by atoms with Crippen LogP contribution in [0.3, 0.4) is 0 Å². The smallest absolute Gasteiger partial charge is 0.353 e. The van der Waals surface area contributed by atoms with E-state index in [0.717, 1.165) is 65.4 Å². The van der Waals surface area contributed by atoms with Gasteiger partial charge < -0.3 is 5.32 Å². The number of halogens is 3. The molecule has 4 aromatic rings. The van der Waals surface area contributed by atoms with Crippen molar-refractivity contribution in [2.75, 3.05) is 18.4 Å². The SMILES string of the molecule is C=C(Nc1cncc(C(F)(F)F)c1)c1n[nH]c2ccc(-c3cncc(CN4CCC(C)CC4)c3)cc12. The third-order valence-corrected chi connectivity index (χ3v) is 6.62. The summed E-state index contributed by atoms with van der Waals surface area (Å²) >= 11 is 0. The Morgan fingerprint density at radius 1 is 1.06 bits per heavy atom. The summed E-state index contributed by atoms with van der Waals surface area (Å²) in [6.07, 6.45) is 3.83. The average Bonchev–Trinajstić information content (AvgIpc) is 3.29. The van der Waals surface area contributed by atoms with Crippen molar-refractivity contribution in [2.45, 2.75) is 32.5 Å². The summed E-state index contributed by atoms with van der Waals surface area (Å²) in [5.74, 6) is 0.788. The molecule has 0 amide bonds. The maximum atomic E-state index is 13.1. The van der Waals surface area contributed by atoms with Gasteiger partial charge in [0, 0.05) is 36.1 Å². The second-order valence-corrected chi connectivity index (χ2v) is 9.44. The Morgan fingerprint density at radius 3 is 2.61 bits per heavy atom. The van der Waals surface area contributed by atoms with Crippen LogP contribution in [0.25, 0.3) is 27.7 Å². The van der Waals surface area contributed by atoms with Gasteiger partial charge in [-0.2, -0.15) is 18.3 Å². The Bertz CT molecular complexity index is 1390. The van der Waals surface area contributed by atoms with Crippen LogP contribution in [-0.4, -0.2) is 38.2 Å². The van der Waals surface area contributed by atoms with Crippen LogP contribution in [0.15, 0.2) is 61.7 Å². The number of aromatic amines is 1. The molecular weight excluding hydrogens is 465 g/mol. The molecule has 0 unspecified atom stereocenters. The van der Waals surface area contributed by atoms with Crippen molar-refractivity contribution < 1.29 is 13.2 Å². The zero-order valence-corrected chi connectivity index (χ0v) is 19.9. The number of rotatable bonds is 6. The minimum absolute atomic E-state index is 0.186. The van der Waals surface area contributed by atoms with Crippen LogP contribution in [0.1, 0.15) is 36.6 Å². The third kappa shape index (κ3) is 5.26. The van der Waals surface area contributed by atoms with E-state index in [1.54, 1.807) is 0 Å². The first kappa shape index (κ1) is 24.0. The number of aromatic nitrogens is 4. The van der Waals surface area contributed by atoms with Gasteiger partial charge in [-0.25, -0.2) is 0 Å². The highest BCUT2D eigenvalue weighted by atomic mass is 19.4. The molecule has 0 atom stereocenters. The van der Waals surface area contributed by atoms with Crippen molar-refractivity contribution in [3.05, 3.63) is 78.5 Å². The summed E-state index contributed by atoms with van der Waals surface area (Å²) in [6.45, 7) is 9.39. The van der Waals surface area contributed by atoms with E-state index in [2.05, 4.69) is 50.0 Å². The predicted molar refractivity (Wildman–Crippen MR) is 135 cm³/mol. The number of hydrogen-bond donors (Lipinski definition) is 2. The highest BCUT2D eigenvalue weighted by Gasteiger charge is 2.31. The molecule has 5 rings (SSSR count). The van der Waals surface area contributed by atoms with Crippen LogP contribution < -0.4 is 5.32 Å². The maximum absolute atomic E-state index is 13.1. The largest absolute Gasteiger partial charge is 0.417 e. The van der Waals surface area contributed by atoms with Crippen molar-refractivity contribution >= 4 is 22.3 Å². The molecule has 6 nitrogen and oxygen atoms in total.